The molecule has 0 atom stereocenters. The van der Waals surface area contributed by atoms with Gasteiger partial charge in [0.15, 0.2) is 0 Å². The van der Waals surface area contributed by atoms with Crippen molar-refractivity contribution in [3.8, 4) is 0 Å². The van der Waals surface area contributed by atoms with Gasteiger partial charge in [-0.15, -0.1) is 0 Å². The molecule has 0 radical (unpaired) electrons. The maximum absolute atomic E-state index is 7.05. The van der Waals surface area contributed by atoms with Crippen molar-refractivity contribution in [1.29, 1.82) is 5.41 Å². The first-order chi connectivity index (χ1) is 5.68. The monoisotopic (exact) mass is 169 g/mol. The molecule has 1 saturated carbocycles. The van der Waals surface area contributed by atoms with E-state index in [-0.39, 0.29) is 0 Å². The summed E-state index contributed by atoms with van der Waals surface area (Å²) in [7, 11) is 2.15. The summed E-state index contributed by atoms with van der Waals surface area (Å²) in [6.07, 6.45) is 4.60. The molecule has 1 aliphatic rings. The lowest BCUT2D eigenvalue weighted by atomic mass is 10.2. The molecule has 0 amide bonds. The van der Waals surface area contributed by atoms with Crippen molar-refractivity contribution >= 4 is 5.84 Å². The van der Waals surface area contributed by atoms with Gasteiger partial charge in [-0.05, 0) is 38.8 Å². The van der Waals surface area contributed by atoms with Gasteiger partial charge in [0.1, 0.15) is 0 Å². The number of nitrogens with zero attached hydrogens (tertiary/aromatic N) is 1. The highest BCUT2D eigenvalue weighted by atomic mass is 15.1. The lowest BCUT2D eigenvalue weighted by Gasteiger charge is -2.15. The summed E-state index contributed by atoms with van der Waals surface area (Å²) in [5.41, 5.74) is 5.26. The van der Waals surface area contributed by atoms with E-state index in [1.807, 2.05) is 0 Å². The average Bonchev–Trinajstić information content (AvgIpc) is 2.70. The molecule has 70 valence electrons. The molecule has 0 spiro atoms. The van der Waals surface area contributed by atoms with E-state index in [0.29, 0.717) is 5.84 Å². The Kier molecular flexibility index (Phi) is 3.53. The van der Waals surface area contributed by atoms with Crippen LogP contribution in [0.2, 0.25) is 0 Å². The summed E-state index contributed by atoms with van der Waals surface area (Å²) in [4.78, 5) is 2.35. The predicted molar refractivity (Wildman–Crippen MR) is 51.4 cm³/mol. The van der Waals surface area contributed by atoms with Gasteiger partial charge in [-0.2, -0.15) is 0 Å². The number of nitrogens with two attached hydrogens (primary N) is 1. The molecule has 3 N–H and O–H groups in total. The third-order valence-electron chi connectivity index (χ3n) is 2.25. The summed E-state index contributed by atoms with van der Waals surface area (Å²) in [5.74, 6) is 1.28. The Bertz CT molecular complexity index is 152. The van der Waals surface area contributed by atoms with Crippen LogP contribution in [0, 0.1) is 11.3 Å². The van der Waals surface area contributed by atoms with Crippen LogP contribution in [0.5, 0.6) is 0 Å². The highest BCUT2D eigenvalue weighted by Crippen LogP contribution is 2.29. The summed E-state index contributed by atoms with van der Waals surface area (Å²) in [6.45, 7) is 2.31. The van der Waals surface area contributed by atoms with E-state index in [1.165, 1.54) is 19.4 Å². The number of rotatable bonds is 6. The molecule has 1 rings (SSSR count). The molecule has 0 aromatic heterocycles. The largest absolute Gasteiger partial charge is 0.388 e. The smallest absolute Gasteiger partial charge is 0.0905 e. The van der Waals surface area contributed by atoms with Gasteiger partial charge >= 0.3 is 0 Å². The molecule has 0 saturated heterocycles. The molecule has 12 heavy (non-hydrogen) atoms. The quantitative estimate of drug-likeness (QED) is 0.461. The Labute approximate surface area is 74.4 Å². The zero-order valence-electron chi connectivity index (χ0n) is 7.84. The zero-order valence-corrected chi connectivity index (χ0v) is 7.84. The van der Waals surface area contributed by atoms with Gasteiger partial charge < -0.3 is 10.6 Å². The second-order valence-corrected chi connectivity index (χ2v) is 3.83. The van der Waals surface area contributed by atoms with Crippen molar-refractivity contribution in [3.63, 3.8) is 0 Å². The SMILES string of the molecule is CN(CCCC(=N)N)CC1CC1. The Morgan fingerprint density at radius 3 is 2.75 bits per heavy atom. The van der Waals surface area contributed by atoms with Gasteiger partial charge in [0.25, 0.3) is 0 Å². The van der Waals surface area contributed by atoms with Gasteiger partial charge in [0.05, 0.1) is 5.84 Å². The van der Waals surface area contributed by atoms with E-state index in [0.717, 1.165) is 25.3 Å². The predicted octanol–water partition coefficient (Wildman–Crippen LogP) is 1.04. The van der Waals surface area contributed by atoms with E-state index >= 15 is 0 Å². The van der Waals surface area contributed by atoms with Crippen LogP contribution < -0.4 is 5.73 Å². The van der Waals surface area contributed by atoms with Crippen molar-refractivity contribution < 1.29 is 0 Å². The number of amidine groups is 1. The van der Waals surface area contributed by atoms with E-state index in [1.54, 1.807) is 0 Å². The Morgan fingerprint density at radius 2 is 2.25 bits per heavy atom. The molecular weight excluding hydrogens is 150 g/mol. The number of nitrogens with one attached hydrogen (secondary N) is 1. The minimum Gasteiger partial charge on any atom is -0.388 e. The third kappa shape index (κ3) is 4.34. The molecule has 1 fully saturated rings. The molecule has 0 aromatic rings. The number of hydrogen-bond donors (Lipinski definition) is 2. The summed E-state index contributed by atoms with van der Waals surface area (Å²) < 4.78 is 0. The molecule has 0 aliphatic heterocycles. The van der Waals surface area contributed by atoms with Crippen LogP contribution in [0.15, 0.2) is 0 Å². The molecule has 0 heterocycles. The molecular formula is C9H19N3. The molecule has 0 bridgehead atoms. The van der Waals surface area contributed by atoms with Crippen molar-refractivity contribution in [2.24, 2.45) is 11.7 Å². The van der Waals surface area contributed by atoms with Crippen molar-refractivity contribution in [2.75, 3.05) is 20.1 Å². The fourth-order valence-corrected chi connectivity index (χ4v) is 1.37. The van der Waals surface area contributed by atoms with E-state index in [4.69, 9.17) is 11.1 Å². The van der Waals surface area contributed by atoms with Gasteiger partial charge in [0.2, 0.25) is 0 Å². The standard InChI is InChI=1S/C9H19N3/c1-12(7-8-4-5-8)6-2-3-9(10)11/h8H,2-7H2,1H3,(H3,10,11). The van der Waals surface area contributed by atoms with Crippen LogP contribution in [0.4, 0.5) is 0 Å². The van der Waals surface area contributed by atoms with E-state index in [9.17, 15) is 0 Å². The average molecular weight is 169 g/mol. The summed E-state index contributed by atoms with van der Waals surface area (Å²) >= 11 is 0. The first-order valence-corrected chi connectivity index (χ1v) is 4.70. The van der Waals surface area contributed by atoms with Crippen LogP contribution in [0.1, 0.15) is 25.7 Å². The summed E-state index contributed by atoms with van der Waals surface area (Å²) in [6, 6.07) is 0. The normalized spacial score (nSPS) is 16.8. The van der Waals surface area contributed by atoms with Crippen molar-refractivity contribution in [2.45, 2.75) is 25.7 Å². The van der Waals surface area contributed by atoms with Crippen LogP contribution in [-0.4, -0.2) is 30.9 Å². The Hall–Kier alpha value is -0.570. The molecule has 3 nitrogen and oxygen atoms in total. The van der Waals surface area contributed by atoms with Gasteiger partial charge in [-0.1, -0.05) is 0 Å². The number of hydrogen-bond acceptors (Lipinski definition) is 2. The maximum Gasteiger partial charge on any atom is 0.0905 e. The van der Waals surface area contributed by atoms with Crippen LogP contribution in [0.25, 0.3) is 0 Å². The molecule has 0 aromatic carbocycles. The van der Waals surface area contributed by atoms with Gasteiger partial charge in [0, 0.05) is 13.0 Å². The third-order valence-corrected chi connectivity index (χ3v) is 2.25. The summed E-state index contributed by atoms with van der Waals surface area (Å²) in [5, 5.41) is 7.05. The van der Waals surface area contributed by atoms with Crippen LogP contribution in [-0.2, 0) is 0 Å². The van der Waals surface area contributed by atoms with Crippen LogP contribution in [0.3, 0.4) is 0 Å². The highest BCUT2D eigenvalue weighted by Gasteiger charge is 2.22. The molecule has 3 heteroatoms. The second-order valence-electron chi connectivity index (χ2n) is 3.83. The first-order valence-electron chi connectivity index (χ1n) is 4.70. The van der Waals surface area contributed by atoms with E-state index in [2.05, 4.69) is 11.9 Å². The molecule has 0 unspecified atom stereocenters. The zero-order chi connectivity index (χ0) is 8.97. The topological polar surface area (TPSA) is 53.1 Å². The fourth-order valence-electron chi connectivity index (χ4n) is 1.37. The molecule has 1 aliphatic carbocycles. The van der Waals surface area contributed by atoms with Crippen molar-refractivity contribution in [3.05, 3.63) is 0 Å². The van der Waals surface area contributed by atoms with E-state index < -0.39 is 0 Å². The lowest BCUT2D eigenvalue weighted by Crippen LogP contribution is -2.23. The van der Waals surface area contributed by atoms with Gasteiger partial charge in [-0.3, -0.25) is 5.41 Å². The Balaban J connectivity index is 1.93. The second kappa shape index (κ2) is 4.45. The maximum atomic E-state index is 7.05. The van der Waals surface area contributed by atoms with Gasteiger partial charge in [-0.25, -0.2) is 0 Å². The lowest BCUT2D eigenvalue weighted by molar-refractivity contribution is 0.318. The minimum absolute atomic E-state index is 0.315. The minimum atomic E-state index is 0.315. The Morgan fingerprint density at radius 1 is 1.58 bits per heavy atom. The highest BCUT2D eigenvalue weighted by molar-refractivity contribution is 5.76. The van der Waals surface area contributed by atoms with Crippen LogP contribution >= 0.6 is 0 Å². The fraction of sp³-hybridized carbons (Fsp3) is 0.889. The first kappa shape index (κ1) is 9.52. The van der Waals surface area contributed by atoms with Crippen molar-refractivity contribution in [1.82, 2.24) is 4.90 Å².